The van der Waals surface area contributed by atoms with Crippen LogP contribution in [0.3, 0.4) is 0 Å². The lowest BCUT2D eigenvalue weighted by molar-refractivity contribution is -0.137. The molecule has 0 aliphatic carbocycles. The van der Waals surface area contributed by atoms with E-state index in [1.165, 1.54) is 0 Å². The number of carbonyl (C=O) groups is 1. The van der Waals surface area contributed by atoms with Gasteiger partial charge in [0.05, 0.1) is 12.5 Å². The fourth-order valence-corrected chi connectivity index (χ4v) is 1.29. The first-order chi connectivity index (χ1) is 4.04. The molecule has 0 amide bonds. The lowest BCUT2D eigenvalue weighted by Crippen LogP contribution is -2.36. The van der Waals surface area contributed by atoms with Crippen molar-refractivity contribution < 1.29 is 9.90 Å². The number of carboxylic acid groups (broad SMARTS) is 1. The van der Waals surface area contributed by atoms with Crippen molar-refractivity contribution in [3.05, 3.63) is 0 Å². The Morgan fingerprint density at radius 3 is 2.33 bits per heavy atom. The molecule has 0 aromatic rings. The second-order valence-corrected chi connectivity index (χ2v) is 4.40. The number of carboxylic acids is 1. The maximum atomic E-state index is 10.1. The lowest BCUT2D eigenvalue weighted by Gasteiger charge is -2.01. The van der Waals surface area contributed by atoms with E-state index in [-0.39, 0.29) is 10.9 Å². The van der Waals surface area contributed by atoms with Crippen molar-refractivity contribution in [2.45, 2.75) is 6.04 Å². The highest BCUT2D eigenvalue weighted by Crippen LogP contribution is 1.87. The van der Waals surface area contributed by atoms with Gasteiger partial charge in [-0.15, -0.1) is 0 Å². The standard InChI is InChI=1S/C5H11NO2S/c1-9(2)3-4(6)5(7)8/h4H,3,6H2,1-2H3/p+1. The molecule has 3 nitrogen and oxygen atoms in total. The van der Waals surface area contributed by atoms with Crippen LogP contribution >= 0.6 is 0 Å². The molecule has 0 rings (SSSR count). The third-order valence-electron chi connectivity index (χ3n) is 0.830. The second kappa shape index (κ2) is 3.74. The van der Waals surface area contributed by atoms with Crippen molar-refractivity contribution in [1.29, 1.82) is 0 Å². The minimum atomic E-state index is -0.906. The van der Waals surface area contributed by atoms with Crippen molar-refractivity contribution in [1.82, 2.24) is 0 Å². The van der Waals surface area contributed by atoms with Gasteiger partial charge in [0.2, 0.25) is 0 Å². The molecule has 0 aliphatic rings. The number of hydrogen-bond acceptors (Lipinski definition) is 2. The van der Waals surface area contributed by atoms with Gasteiger partial charge < -0.3 is 10.8 Å². The average molecular weight is 150 g/mol. The van der Waals surface area contributed by atoms with Gasteiger partial charge in [-0.25, -0.2) is 0 Å². The Kier molecular flexibility index (Phi) is 3.65. The van der Waals surface area contributed by atoms with Gasteiger partial charge in [0.25, 0.3) is 0 Å². The molecule has 0 aromatic heterocycles. The number of rotatable bonds is 3. The maximum absolute atomic E-state index is 10.1. The van der Waals surface area contributed by atoms with Gasteiger partial charge in [0, 0.05) is 0 Å². The van der Waals surface area contributed by atoms with Gasteiger partial charge >= 0.3 is 5.97 Å². The third kappa shape index (κ3) is 4.29. The Bertz CT molecular complexity index is 105. The van der Waals surface area contributed by atoms with Crippen molar-refractivity contribution in [3.63, 3.8) is 0 Å². The van der Waals surface area contributed by atoms with Crippen molar-refractivity contribution >= 4 is 16.9 Å². The van der Waals surface area contributed by atoms with Crippen LogP contribution < -0.4 is 5.73 Å². The van der Waals surface area contributed by atoms with Crippen molar-refractivity contribution in [3.8, 4) is 0 Å². The fourth-order valence-electron chi connectivity index (χ4n) is 0.430. The minimum absolute atomic E-state index is 0.128. The van der Waals surface area contributed by atoms with E-state index in [1.807, 2.05) is 12.5 Å². The summed E-state index contributed by atoms with van der Waals surface area (Å²) in [6.45, 7) is 0. The van der Waals surface area contributed by atoms with E-state index in [2.05, 4.69) is 0 Å². The Balaban J connectivity index is 3.50. The van der Waals surface area contributed by atoms with E-state index in [1.54, 1.807) is 0 Å². The molecule has 0 radical (unpaired) electrons. The molecule has 0 spiro atoms. The van der Waals surface area contributed by atoms with Crippen molar-refractivity contribution in [2.24, 2.45) is 5.73 Å². The van der Waals surface area contributed by atoms with Crippen LogP contribution in [0.4, 0.5) is 0 Å². The van der Waals surface area contributed by atoms with E-state index in [0.717, 1.165) is 0 Å². The Labute approximate surface area is 57.6 Å². The SMILES string of the molecule is C[S+](C)CC(N)C(=O)O. The molecule has 9 heavy (non-hydrogen) atoms. The molecule has 1 unspecified atom stereocenters. The quantitative estimate of drug-likeness (QED) is 0.522. The average Bonchev–Trinajstić information content (AvgIpc) is 1.63. The molecule has 54 valence electrons. The maximum Gasteiger partial charge on any atom is 0.325 e. The molecule has 0 heterocycles. The zero-order valence-electron chi connectivity index (χ0n) is 5.63. The highest BCUT2D eigenvalue weighted by atomic mass is 32.2. The predicted molar refractivity (Wildman–Crippen MR) is 39.7 cm³/mol. The smallest absolute Gasteiger partial charge is 0.325 e. The zero-order chi connectivity index (χ0) is 7.44. The molecule has 0 bridgehead atoms. The van der Waals surface area contributed by atoms with E-state index in [0.29, 0.717) is 5.75 Å². The van der Waals surface area contributed by atoms with Crippen LogP contribution in [0.5, 0.6) is 0 Å². The van der Waals surface area contributed by atoms with E-state index in [4.69, 9.17) is 10.8 Å². The molecular weight excluding hydrogens is 138 g/mol. The summed E-state index contributed by atoms with van der Waals surface area (Å²) in [6, 6.07) is -0.677. The van der Waals surface area contributed by atoms with Crippen LogP contribution in [0.1, 0.15) is 0 Å². The Hall–Kier alpha value is -0.220. The molecular formula is C5H12NO2S+. The zero-order valence-corrected chi connectivity index (χ0v) is 6.44. The number of nitrogens with two attached hydrogens (primary N) is 1. The Morgan fingerprint density at radius 2 is 2.22 bits per heavy atom. The number of hydrogen-bond donors (Lipinski definition) is 2. The first-order valence-corrected chi connectivity index (χ1v) is 4.77. The van der Waals surface area contributed by atoms with Gasteiger partial charge in [0.1, 0.15) is 11.8 Å². The number of aliphatic carboxylic acids is 1. The summed E-state index contributed by atoms with van der Waals surface area (Å²) in [5.41, 5.74) is 5.22. The predicted octanol–water partition coefficient (Wildman–Crippen LogP) is -0.724. The van der Waals surface area contributed by atoms with Gasteiger partial charge in [-0.3, -0.25) is 4.79 Å². The molecule has 4 heteroatoms. The van der Waals surface area contributed by atoms with Crippen LogP contribution in [0.25, 0.3) is 0 Å². The highest BCUT2D eigenvalue weighted by Gasteiger charge is 2.17. The largest absolute Gasteiger partial charge is 0.480 e. The Morgan fingerprint density at radius 1 is 1.78 bits per heavy atom. The summed E-state index contributed by atoms with van der Waals surface area (Å²) < 4.78 is 0. The molecule has 0 fully saturated rings. The minimum Gasteiger partial charge on any atom is -0.480 e. The van der Waals surface area contributed by atoms with E-state index >= 15 is 0 Å². The van der Waals surface area contributed by atoms with Crippen LogP contribution in [-0.4, -0.2) is 35.4 Å². The second-order valence-electron chi connectivity index (χ2n) is 2.10. The van der Waals surface area contributed by atoms with Gasteiger partial charge in [-0.1, -0.05) is 0 Å². The summed E-state index contributed by atoms with van der Waals surface area (Å²) in [4.78, 5) is 10.1. The van der Waals surface area contributed by atoms with Crippen molar-refractivity contribution in [2.75, 3.05) is 18.3 Å². The monoisotopic (exact) mass is 150 g/mol. The highest BCUT2D eigenvalue weighted by molar-refractivity contribution is 7.95. The van der Waals surface area contributed by atoms with Crippen LogP contribution in [0.15, 0.2) is 0 Å². The third-order valence-corrected chi connectivity index (χ3v) is 1.86. The molecule has 3 N–H and O–H groups in total. The normalized spacial score (nSPS) is 13.8. The van der Waals surface area contributed by atoms with Crippen LogP contribution in [0.2, 0.25) is 0 Å². The molecule has 0 saturated carbocycles. The molecule has 0 saturated heterocycles. The topological polar surface area (TPSA) is 63.3 Å². The summed E-state index contributed by atoms with van der Waals surface area (Å²) >= 11 is 0. The summed E-state index contributed by atoms with van der Waals surface area (Å²) in [5.74, 6) is -0.328. The molecule has 0 aliphatic heterocycles. The summed E-state index contributed by atoms with van der Waals surface area (Å²) in [7, 11) is 0.128. The van der Waals surface area contributed by atoms with Gasteiger partial charge in [-0.05, 0) is 10.9 Å². The lowest BCUT2D eigenvalue weighted by atomic mass is 10.4. The first kappa shape index (κ1) is 8.78. The van der Waals surface area contributed by atoms with Crippen LogP contribution in [-0.2, 0) is 15.7 Å². The van der Waals surface area contributed by atoms with Gasteiger partial charge in [0.15, 0.2) is 0 Å². The van der Waals surface area contributed by atoms with Crippen LogP contribution in [0, 0.1) is 0 Å². The van der Waals surface area contributed by atoms with E-state index in [9.17, 15) is 4.79 Å². The summed E-state index contributed by atoms with van der Waals surface area (Å²) in [6.07, 6.45) is 3.95. The van der Waals surface area contributed by atoms with Gasteiger partial charge in [-0.2, -0.15) is 0 Å². The first-order valence-electron chi connectivity index (χ1n) is 2.56. The van der Waals surface area contributed by atoms with E-state index < -0.39 is 12.0 Å². The summed E-state index contributed by atoms with van der Waals surface area (Å²) in [5, 5.41) is 8.31. The fraction of sp³-hybridized carbons (Fsp3) is 0.800. The molecule has 1 atom stereocenters. The molecule has 0 aromatic carbocycles.